The first-order chi connectivity index (χ1) is 12.4. The molecule has 132 valence electrons. The summed E-state index contributed by atoms with van der Waals surface area (Å²) in [7, 11) is 0. The van der Waals surface area contributed by atoms with E-state index in [0.717, 1.165) is 22.9 Å². The Morgan fingerprint density at radius 2 is 1.88 bits per heavy atom. The number of nitrogen functional groups attached to an aromatic ring is 1. The van der Waals surface area contributed by atoms with Gasteiger partial charge in [0, 0.05) is 22.8 Å². The van der Waals surface area contributed by atoms with Crippen LogP contribution in [-0.2, 0) is 6.54 Å². The number of rotatable bonds is 5. The van der Waals surface area contributed by atoms with E-state index in [0.29, 0.717) is 10.7 Å². The number of pyridine rings is 1. The standard InChI is InChI=1S/C15H12ClN7O3/c16-9-1-3-10(4-2-9)18-15-20-12(19-14(17)21-15)8-22-7-11(23(25)26)5-6-13(22)24/h1-7H,8H2,(H3,17,18,19,20,21). The minimum absolute atomic E-state index is 0.0510. The van der Waals surface area contributed by atoms with E-state index < -0.39 is 10.5 Å². The highest BCUT2D eigenvalue weighted by molar-refractivity contribution is 6.30. The van der Waals surface area contributed by atoms with E-state index in [4.69, 9.17) is 17.3 Å². The largest absolute Gasteiger partial charge is 0.368 e. The molecule has 0 bridgehead atoms. The van der Waals surface area contributed by atoms with Crippen molar-refractivity contribution in [3.63, 3.8) is 0 Å². The lowest BCUT2D eigenvalue weighted by Gasteiger charge is -2.08. The Morgan fingerprint density at radius 1 is 1.15 bits per heavy atom. The van der Waals surface area contributed by atoms with Crippen molar-refractivity contribution in [1.82, 2.24) is 19.5 Å². The summed E-state index contributed by atoms with van der Waals surface area (Å²) >= 11 is 5.84. The van der Waals surface area contributed by atoms with Gasteiger partial charge in [-0.25, -0.2) is 0 Å². The van der Waals surface area contributed by atoms with Crippen LogP contribution in [0.15, 0.2) is 47.4 Å². The lowest BCUT2D eigenvalue weighted by atomic mass is 10.3. The Balaban J connectivity index is 1.88. The third kappa shape index (κ3) is 4.11. The first-order valence-electron chi connectivity index (χ1n) is 7.28. The van der Waals surface area contributed by atoms with Gasteiger partial charge >= 0.3 is 0 Å². The minimum atomic E-state index is -0.592. The van der Waals surface area contributed by atoms with Crippen LogP contribution in [0.25, 0.3) is 0 Å². The van der Waals surface area contributed by atoms with E-state index in [1.54, 1.807) is 24.3 Å². The number of benzene rings is 1. The molecule has 0 radical (unpaired) electrons. The van der Waals surface area contributed by atoms with Crippen molar-refractivity contribution in [2.45, 2.75) is 6.54 Å². The lowest BCUT2D eigenvalue weighted by molar-refractivity contribution is -0.385. The van der Waals surface area contributed by atoms with Crippen LogP contribution in [-0.4, -0.2) is 24.4 Å². The number of nitrogens with one attached hydrogen (secondary N) is 1. The maximum Gasteiger partial charge on any atom is 0.285 e. The second-order valence-corrected chi connectivity index (χ2v) is 5.61. The number of nitrogens with two attached hydrogens (primary N) is 1. The van der Waals surface area contributed by atoms with Crippen LogP contribution < -0.4 is 16.6 Å². The molecule has 3 rings (SSSR count). The molecule has 11 heteroatoms. The maximum atomic E-state index is 11.9. The number of halogens is 1. The Morgan fingerprint density at radius 3 is 2.58 bits per heavy atom. The average molecular weight is 374 g/mol. The van der Waals surface area contributed by atoms with E-state index in [1.807, 2.05) is 0 Å². The zero-order valence-electron chi connectivity index (χ0n) is 13.2. The summed E-state index contributed by atoms with van der Waals surface area (Å²) in [6.07, 6.45) is 1.12. The molecule has 0 aliphatic carbocycles. The summed E-state index contributed by atoms with van der Waals surface area (Å²) < 4.78 is 1.12. The van der Waals surface area contributed by atoms with Crippen molar-refractivity contribution in [3.8, 4) is 0 Å². The van der Waals surface area contributed by atoms with E-state index in [9.17, 15) is 14.9 Å². The van der Waals surface area contributed by atoms with Gasteiger partial charge in [0.15, 0.2) is 5.82 Å². The van der Waals surface area contributed by atoms with Gasteiger partial charge in [0.2, 0.25) is 11.9 Å². The Bertz CT molecular complexity index is 1020. The van der Waals surface area contributed by atoms with E-state index in [-0.39, 0.29) is 30.0 Å². The third-order valence-electron chi connectivity index (χ3n) is 3.29. The molecule has 0 aliphatic rings. The van der Waals surface area contributed by atoms with E-state index in [2.05, 4.69) is 20.3 Å². The minimum Gasteiger partial charge on any atom is -0.368 e. The highest BCUT2D eigenvalue weighted by Gasteiger charge is 2.11. The van der Waals surface area contributed by atoms with Crippen molar-refractivity contribution in [1.29, 1.82) is 0 Å². The predicted molar refractivity (Wildman–Crippen MR) is 95.4 cm³/mol. The molecule has 0 saturated carbocycles. The molecule has 0 amide bonds. The van der Waals surface area contributed by atoms with Gasteiger partial charge in [-0.15, -0.1) is 0 Å². The van der Waals surface area contributed by atoms with Crippen LogP contribution in [0.4, 0.5) is 23.3 Å². The topological polar surface area (TPSA) is 142 Å². The molecule has 0 saturated heterocycles. The van der Waals surface area contributed by atoms with Crippen LogP contribution in [0.5, 0.6) is 0 Å². The summed E-state index contributed by atoms with van der Waals surface area (Å²) in [4.78, 5) is 34.3. The van der Waals surface area contributed by atoms with Gasteiger partial charge in [-0.1, -0.05) is 11.6 Å². The van der Waals surface area contributed by atoms with Crippen LogP contribution in [0, 0.1) is 10.1 Å². The van der Waals surface area contributed by atoms with Gasteiger partial charge in [-0.3, -0.25) is 14.9 Å². The van der Waals surface area contributed by atoms with Gasteiger partial charge < -0.3 is 15.6 Å². The molecular formula is C15H12ClN7O3. The fraction of sp³-hybridized carbons (Fsp3) is 0.0667. The Hall–Kier alpha value is -3.53. The van der Waals surface area contributed by atoms with Gasteiger partial charge in [0.1, 0.15) is 0 Å². The summed E-state index contributed by atoms with van der Waals surface area (Å²) in [5, 5.41) is 14.4. The number of aromatic nitrogens is 4. The summed E-state index contributed by atoms with van der Waals surface area (Å²) in [5.41, 5.74) is 5.72. The molecule has 0 aliphatic heterocycles. The number of hydrogen-bond acceptors (Lipinski definition) is 8. The van der Waals surface area contributed by atoms with Crippen LogP contribution in [0.1, 0.15) is 5.82 Å². The average Bonchev–Trinajstić information content (AvgIpc) is 2.58. The molecule has 1 aromatic carbocycles. The zero-order valence-corrected chi connectivity index (χ0v) is 13.9. The fourth-order valence-corrected chi connectivity index (χ4v) is 2.26. The molecule has 2 heterocycles. The molecule has 0 atom stereocenters. The summed E-state index contributed by atoms with van der Waals surface area (Å²) in [6, 6.07) is 9.08. The molecule has 3 aromatic rings. The lowest BCUT2D eigenvalue weighted by Crippen LogP contribution is -2.21. The molecule has 3 N–H and O–H groups in total. The second-order valence-electron chi connectivity index (χ2n) is 5.18. The molecule has 0 spiro atoms. The quantitative estimate of drug-likeness (QED) is 0.510. The summed E-state index contributed by atoms with van der Waals surface area (Å²) in [6.45, 7) is -0.0947. The molecule has 26 heavy (non-hydrogen) atoms. The van der Waals surface area contributed by atoms with Crippen LogP contribution in [0.3, 0.4) is 0 Å². The Kier molecular flexibility index (Phi) is 4.76. The second kappa shape index (κ2) is 7.15. The highest BCUT2D eigenvalue weighted by atomic mass is 35.5. The molecular weight excluding hydrogens is 362 g/mol. The number of nitrogens with zero attached hydrogens (tertiary/aromatic N) is 5. The van der Waals surface area contributed by atoms with E-state index >= 15 is 0 Å². The third-order valence-corrected chi connectivity index (χ3v) is 3.54. The predicted octanol–water partition coefficient (Wildman–Crippen LogP) is 1.97. The van der Waals surface area contributed by atoms with Crippen molar-refractivity contribution >= 4 is 34.9 Å². The smallest absolute Gasteiger partial charge is 0.285 e. The SMILES string of the molecule is Nc1nc(Cn2cc([N+](=O)[O-])ccc2=O)nc(Nc2ccc(Cl)cc2)n1. The normalized spacial score (nSPS) is 10.5. The number of hydrogen-bond donors (Lipinski definition) is 2. The van der Waals surface area contributed by atoms with Gasteiger partial charge in [-0.2, -0.15) is 15.0 Å². The first kappa shape index (κ1) is 17.3. The monoisotopic (exact) mass is 373 g/mol. The van der Waals surface area contributed by atoms with Crippen molar-refractivity contribution in [3.05, 3.63) is 73.9 Å². The molecule has 0 fully saturated rings. The van der Waals surface area contributed by atoms with Crippen LogP contribution in [0.2, 0.25) is 5.02 Å². The first-order valence-corrected chi connectivity index (χ1v) is 7.66. The molecule has 10 nitrogen and oxygen atoms in total. The highest BCUT2D eigenvalue weighted by Crippen LogP contribution is 2.17. The summed E-state index contributed by atoms with van der Waals surface area (Å²) in [5.74, 6) is 0.301. The molecule has 0 unspecified atom stereocenters. The fourth-order valence-electron chi connectivity index (χ4n) is 2.13. The number of anilines is 3. The van der Waals surface area contributed by atoms with Crippen molar-refractivity contribution in [2.75, 3.05) is 11.1 Å². The van der Waals surface area contributed by atoms with Gasteiger partial charge in [0.05, 0.1) is 17.7 Å². The van der Waals surface area contributed by atoms with Crippen molar-refractivity contribution < 1.29 is 4.92 Å². The Labute approximate surface area is 151 Å². The van der Waals surface area contributed by atoms with Gasteiger partial charge in [-0.05, 0) is 24.3 Å². The van der Waals surface area contributed by atoms with Crippen molar-refractivity contribution in [2.24, 2.45) is 0 Å². The zero-order chi connectivity index (χ0) is 18.7. The van der Waals surface area contributed by atoms with Crippen LogP contribution >= 0.6 is 11.6 Å². The van der Waals surface area contributed by atoms with E-state index in [1.165, 1.54) is 0 Å². The maximum absolute atomic E-state index is 11.9. The number of nitro groups is 1. The molecule has 2 aromatic heterocycles. The van der Waals surface area contributed by atoms with Gasteiger partial charge in [0.25, 0.3) is 11.2 Å².